The number of nitrogens with two attached hydrogens (primary N) is 1. The van der Waals surface area contributed by atoms with Crippen LogP contribution in [-0.2, 0) is 4.79 Å². The Kier molecular flexibility index (Phi) is 3.32. The minimum absolute atomic E-state index is 0.148. The molecule has 64 valence electrons. The minimum atomic E-state index is 0.148. The van der Waals surface area contributed by atoms with Crippen molar-refractivity contribution in [1.29, 1.82) is 0 Å². The van der Waals surface area contributed by atoms with Crippen LogP contribution in [0.1, 0.15) is 12.8 Å². The predicted octanol–water partition coefficient (Wildman–Crippen LogP) is -1.19. The van der Waals surface area contributed by atoms with E-state index in [-0.39, 0.29) is 5.91 Å². The first kappa shape index (κ1) is 8.49. The van der Waals surface area contributed by atoms with E-state index in [9.17, 15) is 4.79 Å². The van der Waals surface area contributed by atoms with E-state index in [4.69, 9.17) is 5.73 Å². The molecule has 0 bridgehead atoms. The lowest BCUT2D eigenvalue weighted by atomic mass is 10.2. The summed E-state index contributed by atoms with van der Waals surface area (Å²) in [6.07, 6.45) is 1.59. The molecule has 0 saturated carbocycles. The van der Waals surface area contributed by atoms with Gasteiger partial charge in [-0.1, -0.05) is 0 Å². The maximum absolute atomic E-state index is 10.7. The summed E-state index contributed by atoms with van der Waals surface area (Å²) in [5, 5.41) is 6.01. The Morgan fingerprint density at radius 3 is 3.09 bits per heavy atom. The SMILES string of the molecule is NCCCNC1CNC(=O)C1. The maximum atomic E-state index is 10.7. The van der Waals surface area contributed by atoms with Gasteiger partial charge in [0.15, 0.2) is 0 Å². The van der Waals surface area contributed by atoms with E-state index in [1.807, 2.05) is 0 Å². The predicted molar refractivity (Wildman–Crippen MR) is 43.1 cm³/mol. The van der Waals surface area contributed by atoms with Crippen LogP contribution in [0.25, 0.3) is 0 Å². The van der Waals surface area contributed by atoms with Gasteiger partial charge in [-0.2, -0.15) is 0 Å². The Bertz CT molecular complexity index is 138. The molecule has 1 saturated heterocycles. The molecule has 1 heterocycles. The monoisotopic (exact) mass is 157 g/mol. The summed E-state index contributed by atoms with van der Waals surface area (Å²) in [5.41, 5.74) is 5.32. The van der Waals surface area contributed by atoms with Crippen LogP contribution in [-0.4, -0.2) is 31.6 Å². The zero-order valence-corrected chi connectivity index (χ0v) is 6.60. The fourth-order valence-electron chi connectivity index (χ4n) is 1.16. The molecule has 1 aliphatic rings. The number of hydrogen-bond acceptors (Lipinski definition) is 3. The van der Waals surface area contributed by atoms with Crippen LogP contribution in [0, 0.1) is 0 Å². The Morgan fingerprint density at radius 2 is 2.55 bits per heavy atom. The van der Waals surface area contributed by atoms with Gasteiger partial charge in [-0.15, -0.1) is 0 Å². The zero-order valence-electron chi connectivity index (χ0n) is 6.60. The van der Waals surface area contributed by atoms with Crippen molar-refractivity contribution in [1.82, 2.24) is 10.6 Å². The van der Waals surface area contributed by atoms with E-state index in [1.54, 1.807) is 0 Å². The molecule has 0 aliphatic carbocycles. The van der Waals surface area contributed by atoms with Gasteiger partial charge in [-0.25, -0.2) is 0 Å². The summed E-state index contributed by atoms with van der Waals surface area (Å²) in [6, 6.07) is 0.328. The Balaban J connectivity index is 2.04. The smallest absolute Gasteiger partial charge is 0.221 e. The lowest BCUT2D eigenvalue weighted by Gasteiger charge is -2.08. The normalized spacial score (nSPS) is 23.7. The van der Waals surface area contributed by atoms with E-state index in [0.29, 0.717) is 19.0 Å². The first-order valence-electron chi connectivity index (χ1n) is 4.03. The lowest BCUT2D eigenvalue weighted by molar-refractivity contribution is -0.119. The summed E-state index contributed by atoms with van der Waals surface area (Å²) in [5.74, 6) is 0.148. The third-order valence-electron chi connectivity index (χ3n) is 1.79. The highest BCUT2D eigenvalue weighted by molar-refractivity contribution is 5.78. The molecule has 0 aromatic carbocycles. The van der Waals surface area contributed by atoms with E-state index in [2.05, 4.69) is 10.6 Å². The Hall–Kier alpha value is -0.610. The highest BCUT2D eigenvalue weighted by Crippen LogP contribution is 1.97. The number of nitrogens with one attached hydrogen (secondary N) is 2. The quantitative estimate of drug-likeness (QED) is 0.450. The summed E-state index contributed by atoms with van der Waals surface area (Å²) < 4.78 is 0. The number of carbonyl (C=O) groups excluding carboxylic acids is 1. The number of amides is 1. The summed E-state index contributed by atoms with van der Waals surface area (Å²) in [7, 11) is 0. The fourth-order valence-corrected chi connectivity index (χ4v) is 1.16. The Labute approximate surface area is 66.5 Å². The Morgan fingerprint density at radius 1 is 1.73 bits per heavy atom. The first-order valence-corrected chi connectivity index (χ1v) is 4.03. The topological polar surface area (TPSA) is 67.2 Å². The standard InChI is InChI=1S/C7H15N3O/c8-2-1-3-9-6-4-7(11)10-5-6/h6,9H,1-5,8H2,(H,10,11). The molecule has 0 aromatic heterocycles. The second kappa shape index (κ2) is 4.31. The van der Waals surface area contributed by atoms with Gasteiger partial charge in [0.25, 0.3) is 0 Å². The summed E-state index contributed by atoms with van der Waals surface area (Å²) in [6.45, 7) is 2.39. The molecule has 0 aromatic rings. The maximum Gasteiger partial charge on any atom is 0.221 e. The van der Waals surface area contributed by atoms with Gasteiger partial charge in [0.1, 0.15) is 0 Å². The molecule has 1 aliphatic heterocycles. The average molecular weight is 157 g/mol. The van der Waals surface area contributed by atoms with Crippen LogP contribution in [0.4, 0.5) is 0 Å². The van der Waals surface area contributed by atoms with E-state index >= 15 is 0 Å². The molecular weight excluding hydrogens is 142 g/mol. The minimum Gasteiger partial charge on any atom is -0.354 e. The van der Waals surface area contributed by atoms with Crippen LogP contribution in [0.5, 0.6) is 0 Å². The molecule has 0 spiro atoms. The highest BCUT2D eigenvalue weighted by Gasteiger charge is 2.19. The first-order chi connectivity index (χ1) is 5.33. The molecule has 1 fully saturated rings. The van der Waals surface area contributed by atoms with Crippen LogP contribution < -0.4 is 16.4 Å². The van der Waals surface area contributed by atoms with Crippen LogP contribution >= 0.6 is 0 Å². The zero-order chi connectivity index (χ0) is 8.10. The molecule has 1 unspecified atom stereocenters. The van der Waals surface area contributed by atoms with Gasteiger partial charge in [-0.3, -0.25) is 4.79 Å². The van der Waals surface area contributed by atoms with Gasteiger partial charge >= 0.3 is 0 Å². The van der Waals surface area contributed by atoms with Crippen LogP contribution in [0.2, 0.25) is 0 Å². The van der Waals surface area contributed by atoms with Crippen LogP contribution in [0.15, 0.2) is 0 Å². The molecular formula is C7H15N3O. The van der Waals surface area contributed by atoms with Crippen molar-refractivity contribution in [3.63, 3.8) is 0 Å². The number of hydrogen-bond donors (Lipinski definition) is 3. The molecule has 11 heavy (non-hydrogen) atoms. The number of rotatable bonds is 4. The molecule has 1 rings (SSSR count). The van der Waals surface area contributed by atoms with Crippen molar-refractivity contribution in [3.8, 4) is 0 Å². The van der Waals surface area contributed by atoms with Crippen molar-refractivity contribution in [2.45, 2.75) is 18.9 Å². The van der Waals surface area contributed by atoms with Gasteiger partial charge < -0.3 is 16.4 Å². The molecule has 1 amide bonds. The van der Waals surface area contributed by atoms with E-state index in [0.717, 1.165) is 19.5 Å². The van der Waals surface area contributed by atoms with E-state index in [1.165, 1.54) is 0 Å². The fraction of sp³-hybridized carbons (Fsp3) is 0.857. The van der Waals surface area contributed by atoms with Crippen molar-refractivity contribution < 1.29 is 4.79 Å². The van der Waals surface area contributed by atoms with Crippen molar-refractivity contribution >= 4 is 5.91 Å². The second-order valence-corrected chi connectivity index (χ2v) is 2.80. The van der Waals surface area contributed by atoms with Crippen LogP contribution in [0.3, 0.4) is 0 Å². The largest absolute Gasteiger partial charge is 0.354 e. The van der Waals surface area contributed by atoms with Gasteiger partial charge in [0.2, 0.25) is 5.91 Å². The second-order valence-electron chi connectivity index (χ2n) is 2.80. The van der Waals surface area contributed by atoms with E-state index < -0.39 is 0 Å². The molecule has 1 atom stereocenters. The molecule has 4 N–H and O–H groups in total. The van der Waals surface area contributed by atoms with Crippen molar-refractivity contribution in [2.24, 2.45) is 5.73 Å². The van der Waals surface area contributed by atoms with Gasteiger partial charge in [-0.05, 0) is 19.5 Å². The summed E-state index contributed by atoms with van der Waals surface area (Å²) in [4.78, 5) is 10.7. The van der Waals surface area contributed by atoms with Crippen molar-refractivity contribution in [2.75, 3.05) is 19.6 Å². The van der Waals surface area contributed by atoms with Gasteiger partial charge in [0.05, 0.1) is 0 Å². The average Bonchev–Trinajstić information content (AvgIpc) is 2.37. The molecule has 0 radical (unpaired) electrons. The molecule has 4 heteroatoms. The number of carbonyl (C=O) groups is 1. The van der Waals surface area contributed by atoms with Gasteiger partial charge in [0, 0.05) is 19.0 Å². The molecule has 4 nitrogen and oxygen atoms in total. The van der Waals surface area contributed by atoms with Crippen molar-refractivity contribution in [3.05, 3.63) is 0 Å². The third-order valence-corrected chi connectivity index (χ3v) is 1.79. The highest BCUT2D eigenvalue weighted by atomic mass is 16.1. The lowest BCUT2D eigenvalue weighted by Crippen LogP contribution is -2.32. The third kappa shape index (κ3) is 2.86. The summed E-state index contributed by atoms with van der Waals surface area (Å²) >= 11 is 0.